The van der Waals surface area contributed by atoms with Gasteiger partial charge in [-0.2, -0.15) is 0 Å². The van der Waals surface area contributed by atoms with E-state index in [4.69, 9.17) is 9.47 Å². The number of ether oxygens (including phenoxy) is 2. The Morgan fingerprint density at radius 1 is 1.23 bits per heavy atom. The second-order valence-corrected chi connectivity index (χ2v) is 4.72. The molecule has 1 aromatic carbocycles. The fourth-order valence-corrected chi connectivity index (χ4v) is 2.56. The molecule has 1 aromatic rings. The molecular weight excluding hydrogens is 334 g/mol. The molecule has 0 unspecified atom stereocenters. The Morgan fingerprint density at radius 3 is 2.36 bits per heavy atom. The summed E-state index contributed by atoms with van der Waals surface area (Å²) < 4.78 is 23.9. The Morgan fingerprint density at radius 2 is 1.86 bits per heavy atom. The number of piperazine rings is 1. The molecule has 8 heteroatoms. The minimum absolute atomic E-state index is 0. The van der Waals surface area contributed by atoms with Crippen LogP contribution in [0.4, 0.5) is 4.39 Å². The van der Waals surface area contributed by atoms with Gasteiger partial charge in [-0.05, 0) is 0 Å². The largest absolute Gasteiger partial charge is 0.507 e. The lowest BCUT2D eigenvalue weighted by molar-refractivity contribution is 0.142. The molecule has 0 radical (unpaired) electrons. The van der Waals surface area contributed by atoms with Crippen LogP contribution in [0, 0.1) is 0 Å². The highest BCUT2D eigenvalue weighted by molar-refractivity contribution is 5.85. The van der Waals surface area contributed by atoms with E-state index in [1.165, 1.54) is 20.3 Å². The summed E-state index contributed by atoms with van der Waals surface area (Å²) in [7, 11) is 3.02. The predicted octanol–water partition coefficient (Wildman–Crippen LogP) is 2.17. The van der Waals surface area contributed by atoms with Crippen molar-refractivity contribution in [3.8, 4) is 17.2 Å². The fraction of sp³-hybridized carbons (Fsp3) is 0.571. The van der Waals surface area contributed by atoms with Crippen LogP contribution in [0.25, 0.3) is 0 Å². The maximum Gasteiger partial charge on any atom is 0.131 e. The molecule has 0 saturated carbocycles. The quantitative estimate of drug-likeness (QED) is 0.846. The van der Waals surface area contributed by atoms with Crippen molar-refractivity contribution >= 4 is 24.8 Å². The van der Waals surface area contributed by atoms with Crippen molar-refractivity contribution in [1.82, 2.24) is 10.2 Å². The Labute approximate surface area is 142 Å². The number of phenols is 1. The lowest BCUT2D eigenvalue weighted by Crippen LogP contribution is -2.45. The third kappa shape index (κ3) is 4.52. The first kappa shape index (κ1) is 21.0. The van der Waals surface area contributed by atoms with E-state index in [1.807, 2.05) is 4.90 Å². The van der Waals surface area contributed by atoms with Crippen molar-refractivity contribution in [3.63, 3.8) is 0 Å². The number of aromatic hydroxyl groups is 1. The Kier molecular flexibility index (Phi) is 9.51. The van der Waals surface area contributed by atoms with Gasteiger partial charge in [0.1, 0.15) is 23.9 Å². The summed E-state index contributed by atoms with van der Waals surface area (Å²) in [4.78, 5) is 2.01. The second kappa shape index (κ2) is 9.94. The number of hydrogen-bond acceptors (Lipinski definition) is 5. The average molecular weight is 357 g/mol. The van der Waals surface area contributed by atoms with E-state index in [0.29, 0.717) is 17.1 Å². The molecule has 0 aromatic heterocycles. The number of hydrogen-bond donors (Lipinski definition) is 2. The van der Waals surface area contributed by atoms with Gasteiger partial charge in [0.2, 0.25) is 0 Å². The molecule has 5 nitrogen and oxygen atoms in total. The lowest BCUT2D eigenvalue weighted by Gasteiger charge is -2.34. The van der Waals surface area contributed by atoms with Gasteiger partial charge in [-0.15, -0.1) is 24.8 Å². The van der Waals surface area contributed by atoms with Crippen LogP contribution in [0.3, 0.4) is 0 Å². The highest BCUT2D eigenvalue weighted by Gasteiger charge is 2.28. The topological polar surface area (TPSA) is 54.0 Å². The third-order valence-corrected chi connectivity index (χ3v) is 3.62. The van der Waals surface area contributed by atoms with Crippen LogP contribution in [-0.2, 0) is 0 Å². The predicted molar refractivity (Wildman–Crippen MR) is 88.9 cm³/mol. The number of alkyl halides is 1. The summed E-state index contributed by atoms with van der Waals surface area (Å²) in [6.07, 6.45) is 0. The van der Waals surface area contributed by atoms with E-state index in [1.54, 1.807) is 6.07 Å². The van der Waals surface area contributed by atoms with E-state index >= 15 is 0 Å². The van der Waals surface area contributed by atoms with Gasteiger partial charge in [-0.3, -0.25) is 4.90 Å². The van der Waals surface area contributed by atoms with Crippen LogP contribution in [0.1, 0.15) is 11.6 Å². The smallest absolute Gasteiger partial charge is 0.131 e. The Balaban J connectivity index is 0.00000220. The molecule has 0 spiro atoms. The summed E-state index contributed by atoms with van der Waals surface area (Å²) in [6, 6.07) is 2.65. The SMILES string of the molecule is COc1cc(O)c([C@@H](CF)N2CCNCC2)c(OC)c1.Cl.Cl. The molecular formula is C14H23Cl2FN2O3. The zero-order chi connectivity index (χ0) is 14.5. The first-order chi connectivity index (χ1) is 9.71. The fourth-order valence-electron chi connectivity index (χ4n) is 2.56. The maximum atomic E-state index is 13.5. The van der Waals surface area contributed by atoms with Crippen molar-refractivity contribution < 1.29 is 19.0 Å². The number of phenolic OH excluding ortho intramolecular Hbond substituents is 1. The number of methoxy groups -OCH3 is 2. The van der Waals surface area contributed by atoms with Gasteiger partial charge in [0.05, 0.1) is 25.8 Å². The van der Waals surface area contributed by atoms with Gasteiger partial charge in [-0.1, -0.05) is 0 Å². The second-order valence-electron chi connectivity index (χ2n) is 4.72. The molecule has 0 bridgehead atoms. The van der Waals surface area contributed by atoms with Crippen molar-refractivity contribution in [2.75, 3.05) is 47.1 Å². The summed E-state index contributed by atoms with van der Waals surface area (Å²) in [6.45, 7) is 2.54. The summed E-state index contributed by atoms with van der Waals surface area (Å²) >= 11 is 0. The average Bonchev–Trinajstić information content (AvgIpc) is 2.50. The number of halogens is 3. The van der Waals surface area contributed by atoms with E-state index in [2.05, 4.69) is 5.32 Å². The molecule has 1 aliphatic rings. The number of nitrogens with one attached hydrogen (secondary N) is 1. The summed E-state index contributed by atoms with van der Waals surface area (Å²) in [5.74, 6) is 0.937. The van der Waals surface area contributed by atoms with Crippen molar-refractivity contribution in [2.24, 2.45) is 0 Å². The monoisotopic (exact) mass is 356 g/mol. The van der Waals surface area contributed by atoms with Crippen molar-refractivity contribution in [1.29, 1.82) is 0 Å². The van der Waals surface area contributed by atoms with E-state index < -0.39 is 12.7 Å². The normalized spacial score (nSPS) is 16.1. The number of rotatable bonds is 5. The zero-order valence-electron chi connectivity index (χ0n) is 12.7. The summed E-state index contributed by atoms with van der Waals surface area (Å²) in [5, 5.41) is 13.4. The molecule has 2 rings (SSSR count). The van der Waals surface area contributed by atoms with Gasteiger partial charge in [0, 0.05) is 38.3 Å². The number of benzene rings is 1. The standard InChI is InChI=1S/C14H21FN2O3.2ClH/c1-19-10-7-12(18)14(13(8-10)20-2)11(9-15)17-5-3-16-4-6-17;;/h7-8,11,16,18H,3-6,9H2,1-2H3;2*1H/t11-;;/m1../s1. The first-order valence-electron chi connectivity index (χ1n) is 6.66. The Hall–Kier alpha value is -0.950. The van der Waals surface area contributed by atoms with Crippen LogP contribution in [-0.4, -0.2) is 57.1 Å². The van der Waals surface area contributed by atoms with Crippen LogP contribution >= 0.6 is 24.8 Å². The molecule has 22 heavy (non-hydrogen) atoms. The molecule has 1 aliphatic heterocycles. The zero-order valence-corrected chi connectivity index (χ0v) is 14.3. The highest BCUT2D eigenvalue weighted by atomic mass is 35.5. The molecule has 0 aliphatic carbocycles. The van der Waals surface area contributed by atoms with E-state index in [9.17, 15) is 9.50 Å². The minimum atomic E-state index is -0.573. The van der Waals surface area contributed by atoms with Crippen LogP contribution in [0.5, 0.6) is 17.2 Å². The minimum Gasteiger partial charge on any atom is -0.507 e. The molecule has 1 fully saturated rings. The molecule has 2 N–H and O–H groups in total. The molecule has 128 valence electrons. The first-order valence-corrected chi connectivity index (χ1v) is 6.66. The van der Waals surface area contributed by atoms with Crippen molar-refractivity contribution in [3.05, 3.63) is 17.7 Å². The van der Waals surface area contributed by atoms with E-state index in [-0.39, 0.29) is 30.6 Å². The third-order valence-electron chi connectivity index (χ3n) is 3.62. The van der Waals surface area contributed by atoms with Gasteiger partial charge < -0.3 is 19.9 Å². The molecule has 1 saturated heterocycles. The van der Waals surface area contributed by atoms with E-state index in [0.717, 1.165) is 26.2 Å². The maximum absolute atomic E-state index is 13.5. The van der Waals surface area contributed by atoms with Gasteiger partial charge in [0.15, 0.2) is 0 Å². The molecule has 0 amide bonds. The Bertz CT molecular complexity index is 460. The lowest BCUT2D eigenvalue weighted by atomic mass is 10.0. The van der Waals surface area contributed by atoms with Crippen LogP contribution in [0.15, 0.2) is 12.1 Å². The van der Waals surface area contributed by atoms with Crippen LogP contribution in [0.2, 0.25) is 0 Å². The van der Waals surface area contributed by atoms with Crippen LogP contribution < -0.4 is 14.8 Å². The molecule has 1 heterocycles. The molecule has 1 atom stereocenters. The van der Waals surface area contributed by atoms with Crippen molar-refractivity contribution in [2.45, 2.75) is 6.04 Å². The highest BCUT2D eigenvalue weighted by Crippen LogP contribution is 2.40. The van der Waals surface area contributed by atoms with Gasteiger partial charge in [0.25, 0.3) is 0 Å². The summed E-state index contributed by atoms with van der Waals surface area (Å²) in [5.41, 5.74) is 0.484. The van der Waals surface area contributed by atoms with Gasteiger partial charge >= 0.3 is 0 Å². The van der Waals surface area contributed by atoms with Gasteiger partial charge in [-0.25, -0.2) is 4.39 Å². The number of nitrogens with zero attached hydrogens (tertiary/aromatic N) is 1.